The first-order valence-corrected chi connectivity index (χ1v) is 10.8. The van der Waals surface area contributed by atoms with Crippen LogP contribution < -0.4 is 10.6 Å². The largest absolute Gasteiger partial charge is 0.359 e. The van der Waals surface area contributed by atoms with Crippen molar-refractivity contribution in [2.24, 2.45) is 0 Å². The second kappa shape index (κ2) is 7.45. The predicted octanol–water partition coefficient (Wildman–Crippen LogP) is 6.28. The van der Waals surface area contributed by atoms with Crippen LogP contribution in [0.4, 0.5) is 20.7 Å². The van der Waals surface area contributed by atoms with Gasteiger partial charge in [-0.15, -0.1) is 0 Å². The number of hydrogen-bond acceptors (Lipinski definition) is 5. The molecule has 0 bridgehead atoms. The van der Waals surface area contributed by atoms with Crippen LogP contribution in [0.15, 0.2) is 59.3 Å². The van der Waals surface area contributed by atoms with E-state index < -0.39 is 6.03 Å². The smallest absolute Gasteiger partial charge is 0.324 e. The maximum atomic E-state index is 13.4. The molecule has 3 heterocycles. The standard InChI is InChI=1S/C23H20FN5O2S/c1-23(2,3)19-11-20(28-31-19)27-21(30)25-15-7-4-13(5-8-15)16-12-29-17-9-6-14(24)10-18(17)32-22(29)26-16/h4-12H,1-3H3,(H2,25,27,28,30). The maximum absolute atomic E-state index is 13.4. The van der Waals surface area contributed by atoms with Crippen molar-refractivity contribution < 1.29 is 13.7 Å². The SMILES string of the molecule is CC(C)(C)c1cc(NC(=O)Nc2ccc(-c3cn4c(n3)sc3cc(F)ccc34)cc2)no1. The molecule has 0 unspecified atom stereocenters. The highest BCUT2D eigenvalue weighted by molar-refractivity contribution is 7.23. The van der Waals surface area contributed by atoms with Gasteiger partial charge in [-0.1, -0.05) is 49.4 Å². The van der Waals surface area contributed by atoms with E-state index in [0.717, 1.165) is 26.4 Å². The summed E-state index contributed by atoms with van der Waals surface area (Å²) in [6.07, 6.45) is 1.93. The lowest BCUT2D eigenvalue weighted by Crippen LogP contribution is -2.19. The minimum Gasteiger partial charge on any atom is -0.359 e. The van der Waals surface area contributed by atoms with E-state index in [2.05, 4.69) is 20.8 Å². The molecule has 0 aliphatic carbocycles. The van der Waals surface area contributed by atoms with Gasteiger partial charge in [-0.2, -0.15) is 0 Å². The number of imidazole rings is 1. The fourth-order valence-electron chi connectivity index (χ4n) is 3.30. The van der Waals surface area contributed by atoms with Crippen molar-refractivity contribution in [1.29, 1.82) is 0 Å². The van der Waals surface area contributed by atoms with Crippen LogP contribution in [0.1, 0.15) is 26.5 Å². The summed E-state index contributed by atoms with van der Waals surface area (Å²) in [5.41, 5.74) is 3.07. The highest BCUT2D eigenvalue weighted by Gasteiger charge is 2.20. The highest BCUT2D eigenvalue weighted by atomic mass is 32.1. The zero-order valence-corrected chi connectivity index (χ0v) is 18.5. The number of nitrogens with zero attached hydrogens (tertiary/aromatic N) is 3. The van der Waals surface area contributed by atoms with Gasteiger partial charge < -0.3 is 9.84 Å². The average molecular weight is 450 g/mol. The molecule has 9 heteroatoms. The minimum atomic E-state index is -0.410. The summed E-state index contributed by atoms with van der Waals surface area (Å²) < 4.78 is 21.5. The van der Waals surface area contributed by atoms with Crippen molar-refractivity contribution >= 4 is 44.1 Å². The zero-order chi connectivity index (χ0) is 22.5. The predicted molar refractivity (Wildman–Crippen MR) is 124 cm³/mol. The highest BCUT2D eigenvalue weighted by Crippen LogP contribution is 2.30. The third kappa shape index (κ3) is 3.82. The Morgan fingerprint density at radius 2 is 1.88 bits per heavy atom. The molecule has 0 radical (unpaired) electrons. The molecule has 5 aromatic rings. The van der Waals surface area contributed by atoms with Gasteiger partial charge >= 0.3 is 6.03 Å². The van der Waals surface area contributed by atoms with Gasteiger partial charge in [0.1, 0.15) is 11.6 Å². The van der Waals surface area contributed by atoms with E-state index in [-0.39, 0.29) is 11.2 Å². The first kappa shape index (κ1) is 20.2. The Balaban J connectivity index is 1.29. The monoisotopic (exact) mass is 449 g/mol. The number of carbonyl (C=O) groups excluding carboxylic acids is 1. The summed E-state index contributed by atoms with van der Waals surface area (Å²) in [4.78, 5) is 17.7. The molecule has 2 amide bonds. The number of nitrogens with one attached hydrogen (secondary N) is 2. The summed E-state index contributed by atoms with van der Waals surface area (Å²) >= 11 is 1.44. The first-order valence-electron chi connectivity index (χ1n) is 9.99. The second-order valence-corrected chi connectivity index (χ2v) is 9.48. The maximum Gasteiger partial charge on any atom is 0.324 e. The van der Waals surface area contributed by atoms with E-state index >= 15 is 0 Å². The molecule has 7 nitrogen and oxygen atoms in total. The van der Waals surface area contributed by atoms with Gasteiger partial charge in [0.25, 0.3) is 0 Å². The topological polar surface area (TPSA) is 84.5 Å². The molecule has 3 aromatic heterocycles. The molecule has 2 N–H and O–H groups in total. The van der Waals surface area contributed by atoms with Gasteiger partial charge in [0, 0.05) is 28.9 Å². The number of hydrogen-bond donors (Lipinski definition) is 2. The summed E-state index contributed by atoms with van der Waals surface area (Å²) in [7, 11) is 0. The molecular weight excluding hydrogens is 429 g/mol. The van der Waals surface area contributed by atoms with Crippen molar-refractivity contribution in [2.45, 2.75) is 26.2 Å². The minimum absolute atomic E-state index is 0.191. The van der Waals surface area contributed by atoms with E-state index in [0.29, 0.717) is 17.3 Å². The van der Waals surface area contributed by atoms with Gasteiger partial charge in [0.2, 0.25) is 0 Å². The van der Waals surface area contributed by atoms with E-state index in [9.17, 15) is 9.18 Å². The Morgan fingerprint density at radius 3 is 2.59 bits per heavy atom. The Morgan fingerprint density at radius 1 is 1.09 bits per heavy atom. The molecule has 162 valence electrons. The Labute approximate surface area is 186 Å². The van der Waals surface area contributed by atoms with Gasteiger partial charge in [-0.25, -0.2) is 14.2 Å². The van der Waals surface area contributed by atoms with E-state index in [1.165, 1.54) is 23.5 Å². The molecule has 0 spiro atoms. The van der Waals surface area contributed by atoms with Gasteiger partial charge in [0.05, 0.1) is 15.9 Å². The number of halogens is 1. The quantitative estimate of drug-likeness (QED) is 0.339. The van der Waals surface area contributed by atoms with Gasteiger partial charge in [-0.05, 0) is 30.3 Å². The number of benzene rings is 2. The summed E-state index contributed by atoms with van der Waals surface area (Å²) in [6.45, 7) is 6.01. The van der Waals surface area contributed by atoms with Crippen molar-refractivity contribution in [1.82, 2.24) is 14.5 Å². The fourth-order valence-corrected chi connectivity index (χ4v) is 4.34. The van der Waals surface area contributed by atoms with Crippen LogP contribution in [0.2, 0.25) is 0 Å². The molecular formula is C23H20FN5O2S. The molecule has 0 aliphatic heterocycles. The molecule has 5 rings (SSSR count). The summed E-state index contributed by atoms with van der Waals surface area (Å²) in [5, 5.41) is 9.33. The van der Waals surface area contributed by atoms with Crippen molar-refractivity contribution in [3.8, 4) is 11.3 Å². The molecule has 0 fully saturated rings. The van der Waals surface area contributed by atoms with Crippen LogP contribution in [0.25, 0.3) is 26.4 Å². The van der Waals surface area contributed by atoms with E-state index in [4.69, 9.17) is 4.52 Å². The van der Waals surface area contributed by atoms with Crippen molar-refractivity contribution in [3.63, 3.8) is 0 Å². The van der Waals surface area contributed by atoms with Crippen molar-refractivity contribution in [2.75, 3.05) is 10.6 Å². The third-order valence-corrected chi connectivity index (χ3v) is 6.00. The van der Waals surface area contributed by atoms with Crippen molar-refractivity contribution in [3.05, 3.63) is 66.3 Å². The van der Waals surface area contributed by atoms with Crippen LogP contribution in [0.5, 0.6) is 0 Å². The lowest BCUT2D eigenvalue weighted by molar-refractivity contribution is 0.262. The Hall–Kier alpha value is -3.72. The zero-order valence-electron chi connectivity index (χ0n) is 17.6. The molecule has 0 aliphatic rings. The summed E-state index contributed by atoms with van der Waals surface area (Å²) in [6, 6.07) is 13.4. The number of amides is 2. The molecule has 2 aromatic carbocycles. The Kier molecular flexibility index (Phi) is 4.70. The van der Waals surface area contributed by atoms with Crippen LogP contribution in [-0.4, -0.2) is 20.6 Å². The Bertz CT molecular complexity index is 1440. The van der Waals surface area contributed by atoms with Gasteiger partial charge in [-0.3, -0.25) is 9.72 Å². The lowest BCUT2D eigenvalue weighted by Gasteiger charge is -2.12. The second-order valence-electron chi connectivity index (χ2n) is 8.48. The average Bonchev–Trinajstić information content (AvgIpc) is 3.42. The van der Waals surface area contributed by atoms with Crippen LogP contribution in [0.3, 0.4) is 0 Å². The molecule has 32 heavy (non-hydrogen) atoms. The van der Waals surface area contributed by atoms with Crippen LogP contribution >= 0.6 is 11.3 Å². The number of anilines is 2. The van der Waals surface area contributed by atoms with E-state index in [1.807, 2.05) is 43.5 Å². The number of fused-ring (bicyclic) bond motifs is 3. The summed E-state index contributed by atoms with van der Waals surface area (Å²) in [5.74, 6) is 0.789. The number of urea groups is 1. The molecule has 0 saturated heterocycles. The first-order chi connectivity index (χ1) is 15.3. The van der Waals surface area contributed by atoms with Gasteiger partial charge in [0.15, 0.2) is 10.8 Å². The van der Waals surface area contributed by atoms with Crippen LogP contribution in [-0.2, 0) is 5.41 Å². The number of thiazole rings is 1. The molecule has 0 saturated carbocycles. The van der Waals surface area contributed by atoms with Crippen LogP contribution in [0, 0.1) is 5.82 Å². The van der Waals surface area contributed by atoms with E-state index in [1.54, 1.807) is 24.3 Å². The normalized spacial score (nSPS) is 11.9. The third-order valence-electron chi connectivity index (χ3n) is 4.99. The molecule has 0 atom stereocenters. The lowest BCUT2D eigenvalue weighted by atomic mass is 9.93. The number of rotatable bonds is 3. The number of aromatic nitrogens is 3. The number of carbonyl (C=O) groups is 1. The fraction of sp³-hybridized carbons (Fsp3) is 0.174.